The Bertz CT molecular complexity index is 1240. The molecule has 0 aliphatic carbocycles. The molecular weight excluding hydrogens is 389 g/mol. The van der Waals surface area contributed by atoms with Crippen LogP contribution in [0.15, 0.2) is 42.6 Å². The molecule has 1 atom stereocenters. The van der Waals surface area contributed by atoms with E-state index in [1.807, 2.05) is 31.2 Å². The van der Waals surface area contributed by atoms with Gasteiger partial charge in [-0.05, 0) is 37.6 Å². The Kier molecular flexibility index (Phi) is 4.97. The predicted octanol–water partition coefficient (Wildman–Crippen LogP) is 3.43. The Morgan fingerprint density at radius 1 is 1.23 bits per heavy atom. The number of anilines is 2. The smallest absolute Gasteiger partial charge is 0.405 e. The first-order valence-corrected chi connectivity index (χ1v) is 9.04. The van der Waals surface area contributed by atoms with Crippen molar-refractivity contribution in [1.82, 2.24) is 25.1 Å². The van der Waals surface area contributed by atoms with E-state index in [4.69, 9.17) is 10.5 Å². The Morgan fingerprint density at radius 2 is 2.03 bits per heavy atom. The van der Waals surface area contributed by atoms with Gasteiger partial charge < -0.3 is 15.8 Å². The summed E-state index contributed by atoms with van der Waals surface area (Å²) in [4.78, 5) is 24.8. The van der Waals surface area contributed by atoms with E-state index in [2.05, 4.69) is 30.5 Å². The zero-order valence-corrected chi connectivity index (χ0v) is 16.2. The van der Waals surface area contributed by atoms with E-state index in [0.29, 0.717) is 22.7 Å². The molecule has 0 aliphatic rings. The number of H-pyrrole nitrogens is 1. The third-order valence-corrected chi connectivity index (χ3v) is 4.38. The Balaban J connectivity index is 1.87. The molecule has 1 unspecified atom stereocenters. The number of nitrogens with two attached hydrogens (primary N) is 1. The van der Waals surface area contributed by atoms with E-state index >= 15 is 0 Å². The van der Waals surface area contributed by atoms with E-state index in [-0.39, 0.29) is 11.5 Å². The van der Waals surface area contributed by atoms with E-state index < -0.39 is 18.0 Å². The van der Waals surface area contributed by atoms with Crippen molar-refractivity contribution in [1.29, 1.82) is 0 Å². The average Bonchev–Trinajstić information content (AvgIpc) is 3.11. The van der Waals surface area contributed by atoms with Gasteiger partial charge in [0.25, 0.3) is 0 Å². The average molecular weight is 407 g/mol. The lowest BCUT2D eigenvalue weighted by molar-refractivity contribution is 0.120. The van der Waals surface area contributed by atoms with Gasteiger partial charge in [0.2, 0.25) is 6.10 Å². The molecule has 3 aromatic heterocycles. The molecular formula is C20H18FN7O2. The number of carbonyl (C=O) groups excluding carboxylic acids is 1. The lowest BCUT2D eigenvalue weighted by Crippen LogP contribution is -2.22. The number of pyridine rings is 1. The number of ether oxygens (including phenoxy) is 1. The molecule has 9 nitrogen and oxygen atoms in total. The summed E-state index contributed by atoms with van der Waals surface area (Å²) < 4.78 is 18.8. The topological polar surface area (TPSA) is 132 Å². The quantitative estimate of drug-likeness (QED) is 0.462. The molecule has 0 saturated carbocycles. The fourth-order valence-electron chi connectivity index (χ4n) is 3.08. The first-order chi connectivity index (χ1) is 14.4. The number of primary amides is 1. The number of nitrogens with zero attached hydrogens (tertiary/aromatic N) is 4. The molecule has 4 N–H and O–H groups in total. The molecule has 3 heterocycles. The minimum absolute atomic E-state index is 0.143. The number of benzene rings is 1. The monoisotopic (exact) mass is 407 g/mol. The molecule has 4 rings (SSSR count). The van der Waals surface area contributed by atoms with Crippen molar-refractivity contribution in [2.45, 2.75) is 20.0 Å². The summed E-state index contributed by atoms with van der Waals surface area (Å²) in [6.45, 7) is 3.52. The van der Waals surface area contributed by atoms with Crippen molar-refractivity contribution >= 4 is 28.6 Å². The summed E-state index contributed by atoms with van der Waals surface area (Å²) in [5.74, 6) is 0.653. The Labute approximate surface area is 170 Å². The molecule has 0 bridgehead atoms. The third-order valence-electron chi connectivity index (χ3n) is 4.38. The lowest BCUT2D eigenvalue weighted by atomic mass is 10.1. The normalized spacial score (nSPS) is 12.0. The molecule has 0 saturated heterocycles. The van der Waals surface area contributed by atoms with Crippen LogP contribution in [0.2, 0.25) is 0 Å². The second kappa shape index (κ2) is 7.74. The number of fused-ring (bicyclic) bond motifs is 1. The fraction of sp³-hybridized carbons (Fsp3) is 0.150. The maximum Gasteiger partial charge on any atom is 0.405 e. The molecule has 4 aromatic rings. The minimum atomic E-state index is -1.12. The largest absolute Gasteiger partial charge is 0.432 e. The molecule has 0 fully saturated rings. The summed E-state index contributed by atoms with van der Waals surface area (Å²) in [6.07, 6.45) is -1.11. The lowest BCUT2D eigenvalue weighted by Gasteiger charge is -2.18. The van der Waals surface area contributed by atoms with Gasteiger partial charge in [-0.25, -0.2) is 19.2 Å². The van der Waals surface area contributed by atoms with Crippen LogP contribution in [0.4, 0.5) is 20.8 Å². The first-order valence-electron chi connectivity index (χ1n) is 9.04. The van der Waals surface area contributed by atoms with Crippen molar-refractivity contribution in [2.24, 2.45) is 5.73 Å². The molecule has 0 spiro atoms. The zero-order valence-electron chi connectivity index (χ0n) is 16.2. The predicted molar refractivity (Wildman–Crippen MR) is 108 cm³/mol. The fourth-order valence-corrected chi connectivity index (χ4v) is 3.08. The number of amides is 1. The number of nitrogens with one attached hydrogen (secondary N) is 2. The van der Waals surface area contributed by atoms with Gasteiger partial charge in [0.1, 0.15) is 11.6 Å². The van der Waals surface area contributed by atoms with Crippen LogP contribution in [0.1, 0.15) is 28.9 Å². The van der Waals surface area contributed by atoms with Gasteiger partial charge in [-0.1, -0.05) is 12.1 Å². The van der Waals surface area contributed by atoms with Gasteiger partial charge in [0.05, 0.1) is 17.4 Å². The molecule has 1 amide bonds. The van der Waals surface area contributed by atoms with Gasteiger partial charge in [-0.15, -0.1) is 0 Å². The number of aromatic nitrogens is 5. The summed E-state index contributed by atoms with van der Waals surface area (Å²) in [5.41, 5.74) is 7.51. The Hall–Kier alpha value is -4.08. The highest BCUT2D eigenvalue weighted by molar-refractivity contribution is 5.90. The standard InChI is InChI=1S/C20H18FN7O2/c1-10-7-12(21)9-23-16(10)17(30-20(22)29)19-24-14-6-4-3-5-13(14)18(26-19)25-15-8-11(2)27-28-15/h3-9,17H,1-2H3,(H2,22,29)(H2,24,25,26,27,28). The van der Waals surface area contributed by atoms with Gasteiger partial charge in [0.15, 0.2) is 11.6 Å². The van der Waals surface area contributed by atoms with Crippen LogP contribution in [0.5, 0.6) is 0 Å². The van der Waals surface area contributed by atoms with E-state index in [1.54, 1.807) is 13.0 Å². The van der Waals surface area contributed by atoms with Gasteiger partial charge in [-0.2, -0.15) is 5.10 Å². The van der Waals surface area contributed by atoms with Crippen LogP contribution in [-0.4, -0.2) is 31.2 Å². The van der Waals surface area contributed by atoms with Crippen LogP contribution in [-0.2, 0) is 4.74 Å². The van der Waals surface area contributed by atoms with Crippen LogP contribution in [0.3, 0.4) is 0 Å². The van der Waals surface area contributed by atoms with Crippen LogP contribution < -0.4 is 11.1 Å². The highest BCUT2D eigenvalue weighted by atomic mass is 19.1. The second-order valence-corrected chi connectivity index (χ2v) is 6.68. The number of aryl methyl sites for hydroxylation is 2. The maximum atomic E-state index is 13.5. The third kappa shape index (κ3) is 3.88. The van der Waals surface area contributed by atoms with Crippen molar-refractivity contribution in [3.63, 3.8) is 0 Å². The van der Waals surface area contributed by atoms with Gasteiger partial charge >= 0.3 is 6.09 Å². The molecule has 10 heteroatoms. The van der Waals surface area contributed by atoms with Crippen molar-refractivity contribution in [2.75, 3.05) is 5.32 Å². The number of halogens is 1. The number of rotatable bonds is 5. The van der Waals surface area contributed by atoms with Crippen LogP contribution >= 0.6 is 0 Å². The molecule has 0 radical (unpaired) electrons. The van der Waals surface area contributed by atoms with Crippen LogP contribution in [0.25, 0.3) is 10.9 Å². The molecule has 0 aliphatic heterocycles. The number of aromatic amines is 1. The number of hydrogen-bond donors (Lipinski definition) is 3. The highest BCUT2D eigenvalue weighted by Gasteiger charge is 2.26. The van der Waals surface area contributed by atoms with Gasteiger partial charge in [0, 0.05) is 17.1 Å². The summed E-state index contributed by atoms with van der Waals surface area (Å²) in [6, 6.07) is 10.4. The van der Waals surface area contributed by atoms with E-state index in [1.165, 1.54) is 6.07 Å². The second-order valence-electron chi connectivity index (χ2n) is 6.68. The first kappa shape index (κ1) is 19.2. The van der Waals surface area contributed by atoms with Crippen LogP contribution in [0, 0.1) is 19.7 Å². The summed E-state index contributed by atoms with van der Waals surface area (Å²) in [5, 5.41) is 10.9. The van der Waals surface area contributed by atoms with Crippen molar-refractivity contribution < 1.29 is 13.9 Å². The van der Waals surface area contributed by atoms with Gasteiger partial charge in [-0.3, -0.25) is 10.1 Å². The molecule has 152 valence electrons. The number of para-hydroxylation sites is 1. The highest BCUT2D eigenvalue weighted by Crippen LogP contribution is 2.30. The summed E-state index contributed by atoms with van der Waals surface area (Å²) in [7, 11) is 0. The zero-order chi connectivity index (χ0) is 21.3. The Morgan fingerprint density at radius 3 is 2.73 bits per heavy atom. The van der Waals surface area contributed by atoms with Crippen molar-refractivity contribution in [3.8, 4) is 0 Å². The summed E-state index contributed by atoms with van der Waals surface area (Å²) >= 11 is 0. The number of carbonyl (C=O) groups is 1. The van der Waals surface area contributed by atoms with E-state index in [0.717, 1.165) is 17.3 Å². The maximum absolute atomic E-state index is 13.5. The number of hydrogen-bond acceptors (Lipinski definition) is 7. The SMILES string of the molecule is Cc1cc(Nc2nc(C(OC(N)=O)c3ncc(F)cc3C)nc3ccccc23)n[nH]1. The van der Waals surface area contributed by atoms with E-state index in [9.17, 15) is 9.18 Å². The minimum Gasteiger partial charge on any atom is -0.432 e. The molecule has 30 heavy (non-hydrogen) atoms. The van der Waals surface area contributed by atoms with Crippen molar-refractivity contribution in [3.05, 3.63) is 71.2 Å². The molecule has 1 aromatic carbocycles.